The Morgan fingerprint density at radius 2 is 2.14 bits per heavy atom. The lowest BCUT2D eigenvalue weighted by Crippen LogP contribution is -2.40. The average molecular weight is 218 g/mol. The minimum Gasteiger partial charge on any atom is -0.300 e. The van der Waals surface area contributed by atoms with E-state index in [1.54, 1.807) is 0 Å². The van der Waals surface area contributed by atoms with Crippen molar-refractivity contribution in [1.29, 1.82) is 0 Å². The molecule has 1 aliphatic heterocycles. The lowest BCUT2D eigenvalue weighted by molar-refractivity contribution is 0.142. The summed E-state index contributed by atoms with van der Waals surface area (Å²) >= 11 is 5.83. The molecule has 0 bridgehead atoms. The van der Waals surface area contributed by atoms with Crippen LogP contribution in [0.25, 0.3) is 0 Å². The second-order valence-corrected chi connectivity index (χ2v) is 4.75. The first-order valence-electron chi connectivity index (χ1n) is 6.18. The monoisotopic (exact) mass is 217 g/mol. The van der Waals surface area contributed by atoms with Crippen LogP contribution in [0.3, 0.4) is 0 Å². The van der Waals surface area contributed by atoms with E-state index in [2.05, 4.69) is 11.8 Å². The molecule has 1 nitrogen and oxygen atoms in total. The summed E-state index contributed by atoms with van der Waals surface area (Å²) in [6.07, 6.45) is 9.44. The van der Waals surface area contributed by atoms with Gasteiger partial charge in [-0.25, -0.2) is 0 Å². The molecule has 0 aromatic carbocycles. The fourth-order valence-electron chi connectivity index (χ4n) is 2.37. The number of likely N-dealkylation sites (tertiary alicyclic amines) is 1. The van der Waals surface area contributed by atoms with E-state index < -0.39 is 0 Å². The van der Waals surface area contributed by atoms with Crippen molar-refractivity contribution in [2.24, 2.45) is 0 Å². The van der Waals surface area contributed by atoms with Crippen LogP contribution in [0.5, 0.6) is 0 Å². The first-order valence-corrected chi connectivity index (χ1v) is 6.72. The Hall–Kier alpha value is 0.250. The minimum atomic E-state index is 0.790. The van der Waals surface area contributed by atoms with Gasteiger partial charge in [0.05, 0.1) is 0 Å². The number of hydrogen-bond donors (Lipinski definition) is 0. The van der Waals surface area contributed by atoms with Crippen LogP contribution in [-0.4, -0.2) is 29.9 Å². The molecular weight excluding hydrogens is 194 g/mol. The van der Waals surface area contributed by atoms with Gasteiger partial charge >= 0.3 is 0 Å². The highest BCUT2D eigenvalue weighted by Gasteiger charge is 2.20. The van der Waals surface area contributed by atoms with Gasteiger partial charge in [0.25, 0.3) is 0 Å². The number of unbranched alkanes of at least 4 members (excludes halogenated alkanes) is 2. The molecule has 2 heteroatoms. The van der Waals surface area contributed by atoms with Crippen LogP contribution >= 0.6 is 11.6 Å². The highest BCUT2D eigenvalue weighted by molar-refractivity contribution is 6.17. The van der Waals surface area contributed by atoms with Crippen molar-refractivity contribution < 1.29 is 0 Å². The number of rotatable bonds is 6. The summed E-state index contributed by atoms with van der Waals surface area (Å²) < 4.78 is 0. The summed E-state index contributed by atoms with van der Waals surface area (Å²) in [5.74, 6) is 0.828. The molecule has 0 saturated carbocycles. The van der Waals surface area contributed by atoms with Gasteiger partial charge in [-0.3, -0.25) is 0 Å². The predicted molar refractivity (Wildman–Crippen MR) is 64.1 cm³/mol. The molecular formula is C12H24ClN. The first-order chi connectivity index (χ1) is 6.88. The Labute approximate surface area is 93.8 Å². The highest BCUT2D eigenvalue weighted by Crippen LogP contribution is 2.20. The van der Waals surface area contributed by atoms with Crippen LogP contribution in [0.1, 0.15) is 51.9 Å². The molecule has 84 valence electrons. The van der Waals surface area contributed by atoms with Crippen LogP contribution in [0.2, 0.25) is 0 Å². The zero-order chi connectivity index (χ0) is 10.2. The van der Waals surface area contributed by atoms with Crippen LogP contribution in [-0.2, 0) is 0 Å². The molecule has 0 radical (unpaired) electrons. The van der Waals surface area contributed by atoms with Gasteiger partial charge in [0.2, 0.25) is 0 Å². The summed E-state index contributed by atoms with van der Waals surface area (Å²) in [6.45, 7) is 4.88. The van der Waals surface area contributed by atoms with E-state index in [0.29, 0.717) is 0 Å². The Morgan fingerprint density at radius 3 is 2.86 bits per heavy atom. The molecule has 1 rings (SSSR count). The zero-order valence-corrected chi connectivity index (χ0v) is 10.2. The van der Waals surface area contributed by atoms with Crippen LogP contribution < -0.4 is 0 Å². The van der Waals surface area contributed by atoms with E-state index in [1.807, 2.05) is 0 Å². The lowest BCUT2D eigenvalue weighted by Gasteiger charge is -2.35. The van der Waals surface area contributed by atoms with Gasteiger partial charge in [-0.1, -0.05) is 26.2 Å². The maximum Gasteiger partial charge on any atom is 0.0238 e. The van der Waals surface area contributed by atoms with Gasteiger partial charge in [-0.05, 0) is 38.8 Å². The van der Waals surface area contributed by atoms with Gasteiger partial charge in [-0.15, -0.1) is 11.6 Å². The SMILES string of the molecule is CCCCCN1CCCCC1CCCl. The molecule has 1 unspecified atom stereocenters. The van der Waals surface area contributed by atoms with E-state index in [0.717, 1.165) is 11.9 Å². The molecule has 0 spiro atoms. The van der Waals surface area contributed by atoms with E-state index >= 15 is 0 Å². The third-order valence-corrected chi connectivity index (χ3v) is 3.46. The van der Waals surface area contributed by atoms with Crippen LogP contribution in [0.15, 0.2) is 0 Å². The average Bonchev–Trinajstić information content (AvgIpc) is 2.21. The number of alkyl halides is 1. The molecule has 1 fully saturated rings. The molecule has 0 aliphatic carbocycles. The van der Waals surface area contributed by atoms with Gasteiger partial charge in [-0.2, -0.15) is 0 Å². The quantitative estimate of drug-likeness (QED) is 0.485. The van der Waals surface area contributed by atoms with E-state index in [9.17, 15) is 0 Å². The van der Waals surface area contributed by atoms with Gasteiger partial charge in [0, 0.05) is 11.9 Å². The molecule has 0 aromatic rings. The van der Waals surface area contributed by atoms with Crippen molar-refractivity contribution in [1.82, 2.24) is 4.90 Å². The molecule has 1 heterocycles. The Morgan fingerprint density at radius 1 is 1.29 bits per heavy atom. The molecule has 0 aromatic heterocycles. The largest absolute Gasteiger partial charge is 0.300 e. The predicted octanol–water partition coefficient (Wildman–Crippen LogP) is 3.66. The van der Waals surface area contributed by atoms with E-state index in [4.69, 9.17) is 11.6 Å². The maximum atomic E-state index is 5.83. The molecule has 1 saturated heterocycles. The van der Waals surface area contributed by atoms with Crippen molar-refractivity contribution in [3.63, 3.8) is 0 Å². The van der Waals surface area contributed by atoms with Gasteiger partial charge in [0.1, 0.15) is 0 Å². The minimum absolute atomic E-state index is 0.790. The summed E-state index contributed by atoms with van der Waals surface area (Å²) in [5.41, 5.74) is 0. The second kappa shape index (κ2) is 7.53. The van der Waals surface area contributed by atoms with Crippen molar-refractivity contribution in [2.75, 3.05) is 19.0 Å². The first kappa shape index (κ1) is 12.3. The number of piperidine rings is 1. The summed E-state index contributed by atoms with van der Waals surface area (Å²) in [4.78, 5) is 2.67. The fraction of sp³-hybridized carbons (Fsp3) is 1.00. The summed E-state index contributed by atoms with van der Waals surface area (Å²) in [7, 11) is 0. The third kappa shape index (κ3) is 4.18. The summed E-state index contributed by atoms with van der Waals surface area (Å²) in [5, 5.41) is 0. The molecule has 0 amide bonds. The Balaban J connectivity index is 2.22. The van der Waals surface area contributed by atoms with Crippen LogP contribution in [0, 0.1) is 0 Å². The molecule has 1 aliphatic rings. The lowest BCUT2D eigenvalue weighted by atomic mass is 9.99. The number of hydrogen-bond acceptors (Lipinski definition) is 1. The Bertz CT molecular complexity index is 136. The van der Waals surface area contributed by atoms with Crippen LogP contribution in [0.4, 0.5) is 0 Å². The van der Waals surface area contributed by atoms with Gasteiger partial charge in [0.15, 0.2) is 0 Å². The fourth-order valence-corrected chi connectivity index (χ4v) is 2.62. The molecule has 0 N–H and O–H groups in total. The topological polar surface area (TPSA) is 3.24 Å². The maximum absolute atomic E-state index is 5.83. The standard InChI is InChI=1S/C12H24ClN/c1-2-3-5-10-14-11-6-4-7-12(14)8-9-13/h12H,2-11H2,1H3. The molecule has 1 atom stereocenters. The van der Waals surface area contributed by atoms with Crippen molar-refractivity contribution in [2.45, 2.75) is 57.9 Å². The Kier molecular flexibility index (Phi) is 6.63. The van der Waals surface area contributed by atoms with E-state index in [1.165, 1.54) is 58.0 Å². The zero-order valence-electron chi connectivity index (χ0n) is 9.47. The number of nitrogens with zero attached hydrogens (tertiary/aromatic N) is 1. The second-order valence-electron chi connectivity index (χ2n) is 4.37. The highest BCUT2D eigenvalue weighted by atomic mass is 35.5. The normalized spacial score (nSPS) is 24.0. The van der Waals surface area contributed by atoms with Crippen molar-refractivity contribution in [3.8, 4) is 0 Å². The smallest absolute Gasteiger partial charge is 0.0238 e. The van der Waals surface area contributed by atoms with E-state index in [-0.39, 0.29) is 0 Å². The third-order valence-electron chi connectivity index (χ3n) is 3.24. The number of halogens is 1. The summed E-state index contributed by atoms with van der Waals surface area (Å²) in [6, 6.07) is 0.790. The van der Waals surface area contributed by atoms with Crippen molar-refractivity contribution >= 4 is 11.6 Å². The molecule has 14 heavy (non-hydrogen) atoms. The van der Waals surface area contributed by atoms with Gasteiger partial charge < -0.3 is 4.90 Å². The van der Waals surface area contributed by atoms with Crippen molar-refractivity contribution in [3.05, 3.63) is 0 Å².